The highest BCUT2D eigenvalue weighted by Crippen LogP contribution is 2.32. The van der Waals surface area contributed by atoms with Gasteiger partial charge in [0.2, 0.25) is 0 Å². The Balaban J connectivity index is 1.71. The third kappa shape index (κ3) is 3.19. The molecule has 0 spiro atoms. The predicted octanol–water partition coefficient (Wildman–Crippen LogP) is 4.70. The zero-order valence-corrected chi connectivity index (χ0v) is 16.9. The Kier molecular flexibility index (Phi) is 4.42. The SMILES string of the molecule is COc1ccc(-c2cc3ncc(-c4c(C#N)c(=O)oc5ccc(Cl)cc45)cn3n2)cc1. The van der Waals surface area contributed by atoms with Crippen molar-refractivity contribution in [2.75, 3.05) is 7.11 Å². The Morgan fingerprint density at radius 1 is 1.13 bits per heavy atom. The predicted molar refractivity (Wildman–Crippen MR) is 116 cm³/mol. The van der Waals surface area contributed by atoms with Gasteiger partial charge in [-0.15, -0.1) is 0 Å². The Bertz CT molecular complexity index is 1560. The molecule has 0 atom stereocenters. The first-order chi connectivity index (χ1) is 15.1. The van der Waals surface area contributed by atoms with Crippen LogP contribution in [0.5, 0.6) is 5.75 Å². The number of nitriles is 1. The molecule has 5 rings (SSSR count). The van der Waals surface area contributed by atoms with Crippen LogP contribution < -0.4 is 10.4 Å². The maximum absolute atomic E-state index is 12.4. The first-order valence-electron chi connectivity index (χ1n) is 9.24. The molecule has 3 heterocycles. The van der Waals surface area contributed by atoms with E-state index in [1.807, 2.05) is 36.4 Å². The minimum atomic E-state index is -0.716. The van der Waals surface area contributed by atoms with Crippen molar-refractivity contribution in [3.8, 4) is 34.2 Å². The second-order valence-corrected chi connectivity index (χ2v) is 7.23. The highest BCUT2D eigenvalue weighted by atomic mass is 35.5. The number of benzene rings is 2. The van der Waals surface area contributed by atoms with E-state index in [1.54, 1.807) is 42.2 Å². The Morgan fingerprint density at radius 3 is 2.68 bits per heavy atom. The van der Waals surface area contributed by atoms with E-state index >= 15 is 0 Å². The van der Waals surface area contributed by atoms with Gasteiger partial charge in [0.1, 0.15) is 23.0 Å². The molecule has 31 heavy (non-hydrogen) atoms. The second kappa shape index (κ2) is 7.27. The third-order valence-electron chi connectivity index (χ3n) is 4.97. The molecule has 7 nitrogen and oxygen atoms in total. The summed E-state index contributed by atoms with van der Waals surface area (Å²) in [4.78, 5) is 16.8. The molecule has 0 fully saturated rings. The van der Waals surface area contributed by atoms with Gasteiger partial charge in [-0.2, -0.15) is 10.4 Å². The molecule has 0 unspecified atom stereocenters. The van der Waals surface area contributed by atoms with E-state index in [9.17, 15) is 10.1 Å². The molecule has 0 amide bonds. The molecule has 0 bridgehead atoms. The number of nitrogens with zero attached hydrogens (tertiary/aromatic N) is 4. The highest BCUT2D eigenvalue weighted by Gasteiger charge is 2.18. The van der Waals surface area contributed by atoms with Gasteiger partial charge in [0.25, 0.3) is 0 Å². The molecule has 3 aromatic heterocycles. The lowest BCUT2D eigenvalue weighted by atomic mass is 10.00. The second-order valence-electron chi connectivity index (χ2n) is 6.80. The summed E-state index contributed by atoms with van der Waals surface area (Å²) in [5.74, 6) is 0.755. The summed E-state index contributed by atoms with van der Waals surface area (Å²) >= 11 is 6.16. The van der Waals surface area contributed by atoms with Crippen LogP contribution in [-0.4, -0.2) is 21.7 Å². The van der Waals surface area contributed by atoms with E-state index in [2.05, 4.69) is 10.1 Å². The maximum Gasteiger partial charge on any atom is 0.354 e. The smallest absolute Gasteiger partial charge is 0.354 e. The first kappa shape index (κ1) is 18.9. The Labute approximate surface area is 180 Å². The van der Waals surface area contributed by atoms with Gasteiger partial charge in [0.15, 0.2) is 5.65 Å². The maximum atomic E-state index is 12.4. The van der Waals surface area contributed by atoms with E-state index in [0.717, 1.165) is 17.0 Å². The molecular weight excluding hydrogens is 416 g/mol. The zero-order chi connectivity index (χ0) is 21.5. The molecule has 150 valence electrons. The zero-order valence-electron chi connectivity index (χ0n) is 16.2. The normalized spacial score (nSPS) is 11.0. The van der Waals surface area contributed by atoms with Crippen LogP contribution in [0.3, 0.4) is 0 Å². The number of ether oxygens (including phenoxy) is 1. The third-order valence-corrected chi connectivity index (χ3v) is 5.20. The van der Waals surface area contributed by atoms with Gasteiger partial charge in [-0.25, -0.2) is 14.3 Å². The van der Waals surface area contributed by atoms with Crippen LogP contribution in [0.25, 0.3) is 39.0 Å². The lowest BCUT2D eigenvalue weighted by Gasteiger charge is -2.08. The number of hydrogen-bond donors (Lipinski definition) is 0. The molecule has 0 aliphatic rings. The quantitative estimate of drug-likeness (QED) is 0.386. The summed E-state index contributed by atoms with van der Waals surface area (Å²) in [6, 6.07) is 16.2. The van der Waals surface area contributed by atoms with Crippen LogP contribution in [0.1, 0.15) is 5.56 Å². The van der Waals surface area contributed by atoms with Gasteiger partial charge in [-0.05, 0) is 42.5 Å². The molecule has 0 aliphatic heterocycles. The summed E-state index contributed by atoms with van der Waals surface area (Å²) in [5.41, 5.74) is 2.73. The first-order valence-corrected chi connectivity index (χ1v) is 9.62. The number of methoxy groups -OCH3 is 1. The fourth-order valence-electron chi connectivity index (χ4n) is 3.48. The van der Waals surface area contributed by atoms with Crippen molar-refractivity contribution in [2.24, 2.45) is 0 Å². The number of fused-ring (bicyclic) bond motifs is 2. The summed E-state index contributed by atoms with van der Waals surface area (Å²) < 4.78 is 12.1. The van der Waals surface area contributed by atoms with E-state index in [-0.39, 0.29) is 5.56 Å². The van der Waals surface area contributed by atoms with Crippen LogP contribution in [-0.2, 0) is 0 Å². The van der Waals surface area contributed by atoms with Crippen molar-refractivity contribution in [3.05, 3.63) is 81.9 Å². The van der Waals surface area contributed by atoms with E-state index in [1.165, 1.54) is 0 Å². The molecule has 0 aliphatic carbocycles. The average molecular weight is 429 g/mol. The standard InChI is InChI=1S/C23H13ClN4O3/c1-30-16-5-2-13(3-6-16)19-9-21-26-11-14(12-28(21)27-19)22-17-8-15(24)4-7-20(17)31-23(29)18(22)10-25/h2-9,11-12H,1H3. The van der Waals surface area contributed by atoms with Gasteiger partial charge >= 0.3 is 5.63 Å². The van der Waals surface area contributed by atoms with Crippen LogP contribution in [0.4, 0.5) is 0 Å². The molecular formula is C23H13ClN4O3. The fourth-order valence-corrected chi connectivity index (χ4v) is 3.66. The van der Waals surface area contributed by atoms with Crippen LogP contribution in [0.15, 0.2) is 70.1 Å². The monoisotopic (exact) mass is 428 g/mol. The number of rotatable bonds is 3. The Morgan fingerprint density at radius 2 is 1.94 bits per heavy atom. The Hall–Kier alpha value is -4.15. The minimum absolute atomic E-state index is 0.113. The lowest BCUT2D eigenvalue weighted by molar-refractivity contribution is 0.415. The van der Waals surface area contributed by atoms with Crippen molar-refractivity contribution in [2.45, 2.75) is 0 Å². The molecule has 2 aromatic carbocycles. The summed E-state index contributed by atoms with van der Waals surface area (Å²) in [7, 11) is 1.61. The lowest BCUT2D eigenvalue weighted by Crippen LogP contribution is -2.07. The van der Waals surface area contributed by atoms with Crippen molar-refractivity contribution >= 4 is 28.2 Å². The van der Waals surface area contributed by atoms with Crippen molar-refractivity contribution in [1.29, 1.82) is 5.26 Å². The van der Waals surface area contributed by atoms with Crippen molar-refractivity contribution < 1.29 is 9.15 Å². The summed E-state index contributed by atoms with van der Waals surface area (Å²) in [6.45, 7) is 0. The summed E-state index contributed by atoms with van der Waals surface area (Å²) in [6.07, 6.45) is 3.33. The summed E-state index contributed by atoms with van der Waals surface area (Å²) in [5, 5.41) is 15.2. The van der Waals surface area contributed by atoms with Crippen molar-refractivity contribution in [1.82, 2.24) is 14.6 Å². The average Bonchev–Trinajstić information content (AvgIpc) is 3.22. The van der Waals surface area contributed by atoms with Gasteiger partial charge in [0, 0.05) is 45.6 Å². The highest BCUT2D eigenvalue weighted by molar-refractivity contribution is 6.31. The van der Waals surface area contributed by atoms with Gasteiger partial charge in [0.05, 0.1) is 12.8 Å². The van der Waals surface area contributed by atoms with Crippen molar-refractivity contribution in [3.63, 3.8) is 0 Å². The van der Waals surface area contributed by atoms with Crippen LogP contribution in [0.2, 0.25) is 5.02 Å². The number of aromatic nitrogens is 3. The van der Waals surface area contributed by atoms with Gasteiger partial charge < -0.3 is 9.15 Å². The molecule has 0 N–H and O–H groups in total. The van der Waals surface area contributed by atoms with Crippen LogP contribution >= 0.6 is 11.6 Å². The fraction of sp³-hybridized carbons (Fsp3) is 0.0435. The molecule has 0 radical (unpaired) electrons. The number of hydrogen-bond acceptors (Lipinski definition) is 6. The molecule has 0 saturated heterocycles. The molecule has 5 aromatic rings. The van der Waals surface area contributed by atoms with Crippen LogP contribution in [0, 0.1) is 11.3 Å². The topological polar surface area (TPSA) is 93.4 Å². The molecule has 0 saturated carbocycles. The molecule has 8 heteroatoms. The van der Waals surface area contributed by atoms with E-state index in [4.69, 9.17) is 20.8 Å². The van der Waals surface area contributed by atoms with Gasteiger partial charge in [-0.1, -0.05) is 11.6 Å². The number of halogens is 1. The minimum Gasteiger partial charge on any atom is -0.497 e. The van der Waals surface area contributed by atoms with E-state index < -0.39 is 5.63 Å². The van der Waals surface area contributed by atoms with E-state index in [0.29, 0.717) is 32.8 Å². The largest absolute Gasteiger partial charge is 0.497 e. The van der Waals surface area contributed by atoms with Gasteiger partial charge in [-0.3, -0.25) is 0 Å².